The highest BCUT2D eigenvalue weighted by Gasteiger charge is 2.28. The van der Waals surface area contributed by atoms with Gasteiger partial charge in [0, 0.05) is 18.7 Å². The molecule has 0 saturated heterocycles. The molecule has 0 spiro atoms. The first-order valence-corrected chi connectivity index (χ1v) is 10.9. The van der Waals surface area contributed by atoms with Crippen molar-refractivity contribution in [3.8, 4) is 5.75 Å². The van der Waals surface area contributed by atoms with Gasteiger partial charge in [0.25, 0.3) is 5.91 Å². The maximum absolute atomic E-state index is 12.6. The molecule has 2 aromatic carbocycles. The zero-order chi connectivity index (χ0) is 23.8. The minimum absolute atomic E-state index is 0.0733. The van der Waals surface area contributed by atoms with Gasteiger partial charge in [-0.1, -0.05) is 18.2 Å². The van der Waals surface area contributed by atoms with Crippen molar-refractivity contribution in [2.45, 2.75) is 45.9 Å². The van der Waals surface area contributed by atoms with Crippen molar-refractivity contribution in [3.63, 3.8) is 0 Å². The Kier molecular flexibility index (Phi) is 6.12. The fourth-order valence-corrected chi connectivity index (χ4v) is 4.01. The Hall–Kier alpha value is -3.39. The summed E-state index contributed by atoms with van der Waals surface area (Å²) in [4.78, 5) is 40.3. The standard InChI is InChI=1S/C25H28N2O6/c1-25(2,3)33-24(31)26-9-8-17-10-16(4-5-19(17)13-26)12-27-20-11-18(21(29)14-28)6-7-22(20)32-15-23(27)30/h4-7,10-11,28H,8-9,12-15H2,1-3H3. The van der Waals surface area contributed by atoms with Crippen LogP contribution in [0.15, 0.2) is 36.4 Å². The van der Waals surface area contributed by atoms with Crippen LogP contribution in [0.5, 0.6) is 5.75 Å². The van der Waals surface area contributed by atoms with Crippen molar-refractivity contribution in [1.29, 1.82) is 0 Å². The van der Waals surface area contributed by atoms with E-state index >= 15 is 0 Å². The summed E-state index contributed by atoms with van der Waals surface area (Å²) in [6.07, 6.45) is 0.381. The van der Waals surface area contributed by atoms with E-state index < -0.39 is 18.0 Å². The van der Waals surface area contributed by atoms with Crippen molar-refractivity contribution in [2.24, 2.45) is 0 Å². The van der Waals surface area contributed by atoms with Gasteiger partial charge in [0.15, 0.2) is 12.4 Å². The number of ether oxygens (including phenoxy) is 2. The van der Waals surface area contributed by atoms with E-state index in [1.807, 2.05) is 32.9 Å². The summed E-state index contributed by atoms with van der Waals surface area (Å²) in [5.74, 6) is -0.0981. The molecule has 0 aromatic heterocycles. The number of hydrogen-bond donors (Lipinski definition) is 1. The summed E-state index contributed by atoms with van der Waals surface area (Å²) >= 11 is 0. The van der Waals surface area contributed by atoms with Gasteiger partial charge in [-0.05, 0) is 62.1 Å². The maximum Gasteiger partial charge on any atom is 0.410 e. The molecule has 0 atom stereocenters. The quantitative estimate of drug-likeness (QED) is 0.717. The van der Waals surface area contributed by atoms with E-state index in [0.29, 0.717) is 43.1 Å². The predicted octanol–water partition coefficient (Wildman–Crippen LogP) is 3.08. The summed E-state index contributed by atoms with van der Waals surface area (Å²) in [6.45, 7) is 6.26. The van der Waals surface area contributed by atoms with E-state index in [0.717, 1.165) is 16.7 Å². The average molecular weight is 453 g/mol. The summed E-state index contributed by atoms with van der Waals surface area (Å²) in [6, 6.07) is 10.8. The van der Waals surface area contributed by atoms with Gasteiger partial charge >= 0.3 is 6.09 Å². The first-order chi connectivity index (χ1) is 15.6. The topological polar surface area (TPSA) is 96.4 Å². The number of Topliss-reactive ketones (excluding diaryl/α,β-unsaturated/α-hetero) is 1. The fraction of sp³-hybridized carbons (Fsp3) is 0.400. The number of carbonyl (C=O) groups excluding carboxylic acids is 3. The van der Waals surface area contributed by atoms with Crippen LogP contribution in [0.25, 0.3) is 0 Å². The Bertz CT molecular complexity index is 1100. The van der Waals surface area contributed by atoms with Gasteiger partial charge in [-0.3, -0.25) is 9.59 Å². The first kappa shape index (κ1) is 22.8. The smallest absolute Gasteiger partial charge is 0.410 e. The zero-order valence-electron chi connectivity index (χ0n) is 19.1. The molecule has 33 heavy (non-hydrogen) atoms. The van der Waals surface area contributed by atoms with Gasteiger partial charge in [0.2, 0.25) is 0 Å². The summed E-state index contributed by atoms with van der Waals surface area (Å²) < 4.78 is 11.0. The molecule has 2 aromatic rings. The van der Waals surface area contributed by atoms with Crippen LogP contribution in [-0.4, -0.2) is 53.1 Å². The number of fused-ring (bicyclic) bond motifs is 2. The van der Waals surface area contributed by atoms with Crippen LogP contribution < -0.4 is 9.64 Å². The first-order valence-electron chi connectivity index (χ1n) is 10.9. The van der Waals surface area contributed by atoms with Gasteiger partial charge in [-0.25, -0.2) is 4.79 Å². The maximum atomic E-state index is 12.6. The molecular weight excluding hydrogens is 424 g/mol. The van der Waals surface area contributed by atoms with Crippen LogP contribution in [0.3, 0.4) is 0 Å². The Morgan fingerprint density at radius 2 is 1.91 bits per heavy atom. The van der Waals surface area contributed by atoms with Crippen molar-refractivity contribution in [1.82, 2.24) is 4.90 Å². The molecule has 0 aliphatic carbocycles. The van der Waals surface area contributed by atoms with Crippen LogP contribution in [-0.2, 0) is 29.0 Å². The van der Waals surface area contributed by atoms with Crippen LogP contribution >= 0.6 is 0 Å². The van der Waals surface area contributed by atoms with E-state index in [9.17, 15) is 19.5 Å². The van der Waals surface area contributed by atoms with Crippen molar-refractivity contribution >= 4 is 23.5 Å². The van der Waals surface area contributed by atoms with Crippen molar-refractivity contribution < 1.29 is 29.0 Å². The number of aliphatic hydroxyl groups is 1. The number of rotatable bonds is 4. The summed E-state index contributed by atoms with van der Waals surface area (Å²) in [5.41, 5.74) is 3.44. The van der Waals surface area contributed by atoms with Crippen molar-refractivity contribution in [2.75, 3.05) is 24.7 Å². The highest BCUT2D eigenvalue weighted by molar-refractivity contribution is 6.02. The minimum atomic E-state index is -0.598. The highest BCUT2D eigenvalue weighted by Crippen LogP contribution is 2.34. The van der Waals surface area contributed by atoms with Crippen LogP contribution in [0.4, 0.5) is 10.5 Å². The molecule has 8 nitrogen and oxygen atoms in total. The number of aliphatic hydroxyl groups excluding tert-OH is 1. The number of hydrogen-bond acceptors (Lipinski definition) is 6. The van der Waals surface area contributed by atoms with Gasteiger partial charge in [-0.15, -0.1) is 0 Å². The lowest BCUT2D eigenvalue weighted by Crippen LogP contribution is -2.40. The highest BCUT2D eigenvalue weighted by atomic mass is 16.6. The van der Waals surface area contributed by atoms with E-state index in [1.165, 1.54) is 0 Å². The molecule has 0 fully saturated rings. The number of ketones is 1. The second kappa shape index (κ2) is 8.86. The lowest BCUT2D eigenvalue weighted by molar-refractivity contribution is -0.121. The van der Waals surface area contributed by atoms with E-state index in [2.05, 4.69) is 6.07 Å². The van der Waals surface area contributed by atoms with E-state index in [1.54, 1.807) is 28.0 Å². The number of anilines is 1. The monoisotopic (exact) mass is 452 g/mol. The molecule has 0 radical (unpaired) electrons. The van der Waals surface area contributed by atoms with Gasteiger partial charge in [0.05, 0.1) is 12.2 Å². The van der Waals surface area contributed by atoms with Gasteiger partial charge < -0.3 is 24.4 Å². The largest absolute Gasteiger partial charge is 0.482 e. The minimum Gasteiger partial charge on any atom is -0.482 e. The fourth-order valence-electron chi connectivity index (χ4n) is 4.01. The molecule has 2 heterocycles. The molecule has 2 aliphatic rings. The molecule has 174 valence electrons. The van der Waals surface area contributed by atoms with Crippen LogP contribution in [0.1, 0.15) is 47.8 Å². The summed E-state index contributed by atoms with van der Waals surface area (Å²) in [5, 5.41) is 9.17. The number of carbonyl (C=O) groups is 3. The second-order valence-corrected chi connectivity index (χ2v) is 9.29. The molecule has 2 aliphatic heterocycles. The third-order valence-electron chi connectivity index (χ3n) is 5.64. The van der Waals surface area contributed by atoms with Crippen LogP contribution in [0.2, 0.25) is 0 Å². The lowest BCUT2D eigenvalue weighted by atomic mass is 9.97. The predicted molar refractivity (Wildman–Crippen MR) is 121 cm³/mol. The Balaban J connectivity index is 1.53. The van der Waals surface area contributed by atoms with Gasteiger partial charge in [0.1, 0.15) is 18.0 Å². The lowest BCUT2D eigenvalue weighted by Gasteiger charge is -2.32. The normalized spacial score (nSPS) is 15.5. The molecule has 0 unspecified atom stereocenters. The van der Waals surface area contributed by atoms with Crippen molar-refractivity contribution in [3.05, 3.63) is 58.7 Å². The third-order valence-corrected chi connectivity index (χ3v) is 5.64. The Morgan fingerprint density at radius 1 is 1.12 bits per heavy atom. The zero-order valence-corrected chi connectivity index (χ0v) is 19.1. The SMILES string of the molecule is CC(C)(C)OC(=O)N1CCc2cc(CN3C(=O)COc4ccc(C(=O)CO)cc43)ccc2C1. The molecule has 8 heteroatoms. The number of amides is 2. The summed E-state index contributed by atoms with van der Waals surface area (Å²) in [7, 11) is 0. The molecule has 2 amide bonds. The molecule has 0 saturated carbocycles. The van der Waals surface area contributed by atoms with Gasteiger partial charge in [-0.2, -0.15) is 0 Å². The van der Waals surface area contributed by atoms with E-state index in [-0.39, 0.29) is 18.6 Å². The second-order valence-electron chi connectivity index (χ2n) is 9.29. The Morgan fingerprint density at radius 3 is 2.64 bits per heavy atom. The third kappa shape index (κ3) is 5.01. The molecular formula is C25H28N2O6. The van der Waals surface area contributed by atoms with E-state index in [4.69, 9.17) is 9.47 Å². The average Bonchev–Trinajstić information content (AvgIpc) is 2.78. The molecule has 1 N–H and O–H groups in total. The Labute approximate surface area is 192 Å². The number of nitrogens with zero attached hydrogens (tertiary/aromatic N) is 2. The van der Waals surface area contributed by atoms with Crippen LogP contribution in [0, 0.1) is 0 Å². The molecule has 0 bridgehead atoms. The number of benzene rings is 2. The molecule has 4 rings (SSSR count).